The van der Waals surface area contributed by atoms with E-state index in [0.717, 1.165) is 0 Å². The van der Waals surface area contributed by atoms with Gasteiger partial charge in [0.05, 0.1) is 12.5 Å². The molecule has 126 valence electrons. The molecule has 0 bridgehead atoms. The largest absolute Gasteiger partial charge is 0.465 e. The van der Waals surface area contributed by atoms with Crippen molar-refractivity contribution < 1.29 is 23.9 Å². The molecule has 1 aliphatic carbocycles. The van der Waals surface area contributed by atoms with Crippen LogP contribution in [0.2, 0.25) is 0 Å². The monoisotopic (exact) mass is 336 g/mol. The number of esters is 2. The third-order valence-electron chi connectivity index (χ3n) is 4.95. The molecule has 0 radical (unpaired) electrons. The van der Waals surface area contributed by atoms with Crippen LogP contribution in [-0.4, -0.2) is 24.3 Å². The van der Waals surface area contributed by atoms with Crippen LogP contribution in [0.4, 0.5) is 0 Å². The zero-order valence-electron chi connectivity index (χ0n) is 13.6. The van der Waals surface area contributed by atoms with Crippen LogP contribution < -0.4 is 4.74 Å². The van der Waals surface area contributed by atoms with E-state index in [-0.39, 0.29) is 12.4 Å². The summed E-state index contributed by atoms with van der Waals surface area (Å²) in [4.78, 5) is 38.4. The Labute approximate surface area is 144 Å². The maximum absolute atomic E-state index is 13.0. The fraction of sp³-hybridized carbons (Fsp3) is 0.250. The molecule has 0 N–H and O–H groups in total. The number of para-hydroxylation sites is 1. The fourth-order valence-electron chi connectivity index (χ4n) is 3.81. The lowest BCUT2D eigenvalue weighted by molar-refractivity contribution is -0.161. The average Bonchev–Trinajstić information content (AvgIpc) is 3.35. The molecule has 0 spiro atoms. The van der Waals surface area contributed by atoms with Gasteiger partial charge in [0, 0.05) is 17.0 Å². The van der Waals surface area contributed by atoms with Crippen LogP contribution in [-0.2, 0) is 14.3 Å². The predicted molar refractivity (Wildman–Crippen MR) is 88.1 cm³/mol. The number of ether oxygens (including phenoxy) is 2. The third kappa shape index (κ3) is 2.05. The van der Waals surface area contributed by atoms with E-state index in [2.05, 4.69) is 0 Å². The van der Waals surface area contributed by atoms with Crippen LogP contribution in [0, 0.1) is 11.3 Å². The highest BCUT2D eigenvalue weighted by Crippen LogP contribution is 2.70. The van der Waals surface area contributed by atoms with Crippen molar-refractivity contribution in [3.63, 3.8) is 0 Å². The quantitative estimate of drug-likeness (QED) is 0.372. The Bertz CT molecular complexity index is 873. The topological polar surface area (TPSA) is 69.7 Å². The normalized spacial score (nSPS) is 26.0. The number of ketones is 1. The van der Waals surface area contributed by atoms with Crippen molar-refractivity contribution in [3.8, 4) is 5.75 Å². The highest BCUT2D eigenvalue weighted by atomic mass is 16.6. The van der Waals surface area contributed by atoms with Gasteiger partial charge in [-0.2, -0.15) is 0 Å². The molecule has 0 aromatic heterocycles. The summed E-state index contributed by atoms with van der Waals surface area (Å²) in [6.45, 7) is 1.80. The van der Waals surface area contributed by atoms with Gasteiger partial charge < -0.3 is 9.47 Å². The lowest BCUT2D eigenvalue weighted by Gasteiger charge is -2.21. The first-order valence-electron chi connectivity index (χ1n) is 8.20. The van der Waals surface area contributed by atoms with Crippen molar-refractivity contribution >= 4 is 17.7 Å². The van der Waals surface area contributed by atoms with E-state index in [4.69, 9.17) is 9.47 Å². The van der Waals surface area contributed by atoms with Crippen LogP contribution >= 0.6 is 0 Å². The molecule has 5 nitrogen and oxygen atoms in total. The van der Waals surface area contributed by atoms with Gasteiger partial charge in [0.1, 0.15) is 5.75 Å². The highest BCUT2D eigenvalue weighted by molar-refractivity contribution is 6.17. The van der Waals surface area contributed by atoms with Crippen LogP contribution in [0.5, 0.6) is 5.75 Å². The smallest absolute Gasteiger partial charge is 0.330 e. The first-order valence-corrected chi connectivity index (χ1v) is 8.20. The standard InChI is InChI=1S/C20H16O5/c1-2-24-18(22)20-15(13-10-6-7-11-14(13)25-19(20)23)16(20)17(21)12-8-4-3-5-9-12/h3-11,15-16H,2H2,1H3/t15-,16+,20+/m0/s1. The summed E-state index contributed by atoms with van der Waals surface area (Å²) in [5, 5.41) is 0. The van der Waals surface area contributed by atoms with E-state index in [1.54, 1.807) is 61.5 Å². The molecule has 4 rings (SSSR count). The lowest BCUT2D eigenvalue weighted by atomic mass is 9.95. The van der Waals surface area contributed by atoms with Crippen molar-refractivity contribution in [3.05, 3.63) is 65.7 Å². The van der Waals surface area contributed by atoms with E-state index >= 15 is 0 Å². The van der Waals surface area contributed by atoms with Gasteiger partial charge in [-0.15, -0.1) is 0 Å². The molecule has 0 unspecified atom stereocenters. The molecule has 25 heavy (non-hydrogen) atoms. The van der Waals surface area contributed by atoms with Gasteiger partial charge in [-0.05, 0) is 13.0 Å². The minimum Gasteiger partial charge on any atom is -0.465 e. The second-order valence-electron chi connectivity index (χ2n) is 6.20. The maximum Gasteiger partial charge on any atom is 0.330 e. The van der Waals surface area contributed by atoms with Gasteiger partial charge in [-0.3, -0.25) is 14.4 Å². The molecule has 1 heterocycles. The van der Waals surface area contributed by atoms with Gasteiger partial charge in [0.15, 0.2) is 11.2 Å². The second-order valence-corrected chi connectivity index (χ2v) is 6.20. The number of benzene rings is 2. The summed E-state index contributed by atoms with van der Waals surface area (Å²) in [5.41, 5.74) is -0.405. The van der Waals surface area contributed by atoms with Gasteiger partial charge in [0.25, 0.3) is 0 Å². The second kappa shape index (κ2) is 5.55. The molecule has 0 saturated heterocycles. The lowest BCUT2D eigenvalue weighted by Crippen LogP contribution is -2.37. The first kappa shape index (κ1) is 15.6. The highest BCUT2D eigenvalue weighted by Gasteiger charge is 2.81. The molecular weight excluding hydrogens is 320 g/mol. The summed E-state index contributed by atoms with van der Waals surface area (Å²) in [6, 6.07) is 15.7. The summed E-state index contributed by atoms with van der Waals surface area (Å²) in [6.07, 6.45) is 0. The Hall–Kier alpha value is -2.95. The molecule has 2 aromatic rings. The molecule has 2 aromatic carbocycles. The molecule has 1 fully saturated rings. The molecule has 1 aliphatic heterocycles. The van der Waals surface area contributed by atoms with E-state index in [1.165, 1.54) is 0 Å². The molecule has 2 aliphatic rings. The fourth-order valence-corrected chi connectivity index (χ4v) is 3.81. The van der Waals surface area contributed by atoms with Gasteiger partial charge in [0.2, 0.25) is 0 Å². The first-order chi connectivity index (χ1) is 12.1. The molecule has 1 saturated carbocycles. The van der Waals surface area contributed by atoms with Gasteiger partial charge in [-0.1, -0.05) is 48.5 Å². The Morgan fingerprint density at radius 1 is 1.08 bits per heavy atom. The zero-order chi connectivity index (χ0) is 17.6. The van der Waals surface area contributed by atoms with Crippen LogP contribution in [0.1, 0.15) is 28.8 Å². The maximum atomic E-state index is 13.0. The van der Waals surface area contributed by atoms with Crippen molar-refractivity contribution in [2.75, 3.05) is 6.61 Å². The molecule has 3 atom stereocenters. The van der Waals surface area contributed by atoms with E-state index < -0.39 is 29.2 Å². The summed E-state index contributed by atoms with van der Waals surface area (Å²) < 4.78 is 10.5. The summed E-state index contributed by atoms with van der Waals surface area (Å²) in [7, 11) is 0. The van der Waals surface area contributed by atoms with Crippen LogP contribution in [0.15, 0.2) is 54.6 Å². The van der Waals surface area contributed by atoms with Crippen molar-refractivity contribution in [1.82, 2.24) is 0 Å². The van der Waals surface area contributed by atoms with Crippen molar-refractivity contribution in [2.24, 2.45) is 11.3 Å². The van der Waals surface area contributed by atoms with E-state index in [0.29, 0.717) is 16.9 Å². The Kier molecular flexibility index (Phi) is 3.46. The zero-order valence-corrected chi connectivity index (χ0v) is 13.6. The third-order valence-corrected chi connectivity index (χ3v) is 4.95. The Morgan fingerprint density at radius 3 is 2.48 bits per heavy atom. The number of carbonyl (C=O) groups excluding carboxylic acids is 3. The van der Waals surface area contributed by atoms with Crippen LogP contribution in [0.3, 0.4) is 0 Å². The van der Waals surface area contributed by atoms with Gasteiger partial charge >= 0.3 is 11.9 Å². The van der Waals surface area contributed by atoms with Crippen LogP contribution in [0.25, 0.3) is 0 Å². The van der Waals surface area contributed by atoms with Crippen molar-refractivity contribution in [2.45, 2.75) is 12.8 Å². The van der Waals surface area contributed by atoms with E-state index in [9.17, 15) is 14.4 Å². The molecular formula is C20H16O5. The Balaban J connectivity index is 1.83. The summed E-state index contributed by atoms with van der Waals surface area (Å²) >= 11 is 0. The molecule has 0 amide bonds. The number of hydrogen-bond donors (Lipinski definition) is 0. The Morgan fingerprint density at radius 2 is 1.76 bits per heavy atom. The number of hydrogen-bond acceptors (Lipinski definition) is 5. The number of fused-ring (bicyclic) bond motifs is 3. The average molecular weight is 336 g/mol. The number of carbonyl (C=O) groups is 3. The minimum absolute atomic E-state index is 0.133. The summed E-state index contributed by atoms with van der Waals surface area (Å²) in [5.74, 6) is -2.58. The van der Waals surface area contributed by atoms with Gasteiger partial charge in [-0.25, -0.2) is 0 Å². The molecule has 5 heteroatoms. The number of rotatable bonds is 4. The van der Waals surface area contributed by atoms with Crippen molar-refractivity contribution in [1.29, 1.82) is 0 Å². The number of Topliss-reactive ketones (excluding diaryl/α,β-unsaturated/α-hetero) is 1. The SMILES string of the molecule is CCOC(=O)[C@@]12C(=O)Oc3ccccc3[C@H]1[C@@H]2C(=O)c1ccccc1. The predicted octanol–water partition coefficient (Wildman–Crippen LogP) is 2.75. The van der Waals surface area contributed by atoms with E-state index in [1.807, 2.05) is 0 Å². The minimum atomic E-state index is -1.57.